The number of nitrogens with zero attached hydrogens (tertiary/aromatic N) is 2. The molecule has 0 unspecified atom stereocenters. The van der Waals surface area contributed by atoms with Crippen LogP contribution in [0.4, 0.5) is 5.69 Å². The van der Waals surface area contributed by atoms with Crippen LogP contribution in [-0.2, 0) is 13.1 Å². The fourth-order valence-electron chi connectivity index (χ4n) is 3.72. The molecule has 4 N–H and O–H groups in total. The summed E-state index contributed by atoms with van der Waals surface area (Å²) in [7, 11) is 0. The number of carbonyl (C=O) groups excluding carboxylic acids is 1. The molecule has 0 atom stereocenters. The van der Waals surface area contributed by atoms with Gasteiger partial charge in [-0.15, -0.1) is 0 Å². The minimum atomic E-state index is -0.251. The van der Waals surface area contributed by atoms with Gasteiger partial charge in [-0.1, -0.05) is 26.0 Å². The van der Waals surface area contributed by atoms with Crippen molar-refractivity contribution in [1.29, 1.82) is 5.26 Å². The Balaban J connectivity index is 1.78. The average Bonchev–Trinajstić information content (AvgIpc) is 3.19. The van der Waals surface area contributed by atoms with Crippen molar-refractivity contribution in [3.63, 3.8) is 0 Å². The molecule has 1 heterocycles. The number of rotatable bonds is 9. The Labute approximate surface area is 182 Å². The molecular weight excluding hydrogens is 392 g/mol. The Hall–Kier alpha value is -3.50. The summed E-state index contributed by atoms with van der Waals surface area (Å²) in [6, 6.07) is 11.0. The van der Waals surface area contributed by atoms with Crippen LogP contribution in [0.25, 0.3) is 5.57 Å². The van der Waals surface area contributed by atoms with Crippen LogP contribution in [0.5, 0.6) is 11.5 Å². The van der Waals surface area contributed by atoms with Crippen molar-refractivity contribution in [1.82, 2.24) is 4.90 Å². The van der Waals surface area contributed by atoms with Gasteiger partial charge in [-0.2, -0.15) is 5.26 Å². The number of amides is 1. The molecule has 0 aliphatic carbocycles. The number of benzene rings is 2. The summed E-state index contributed by atoms with van der Waals surface area (Å²) in [5, 5.41) is 19.1. The third kappa shape index (κ3) is 4.98. The number of nitrogens with one attached hydrogen (secondary N) is 1. The van der Waals surface area contributed by atoms with Gasteiger partial charge in [-0.3, -0.25) is 10.6 Å². The van der Waals surface area contributed by atoms with Crippen LogP contribution >= 0.6 is 0 Å². The van der Waals surface area contributed by atoms with Crippen molar-refractivity contribution in [3.05, 3.63) is 59.2 Å². The van der Waals surface area contributed by atoms with E-state index < -0.39 is 0 Å². The Morgan fingerprint density at radius 1 is 1.29 bits per heavy atom. The van der Waals surface area contributed by atoms with Crippen molar-refractivity contribution in [2.24, 2.45) is 5.84 Å². The molecule has 0 saturated heterocycles. The minimum absolute atomic E-state index is 0.122. The number of hydrogen-bond acceptors (Lipinski definition) is 6. The van der Waals surface area contributed by atoms with E-state index in [2.05, 4.69) is 25.0 Å². The third-order valence-electron chi connectivity index (χ3n) is 5.34. The van der Waals surface area contributed by atoms with Gasteiger partial charge >= 0.3 is 0 Å². The van der Waals surface area contributed by atoms with Crippen LogP contribution in [0, 0.1) is 11.3 Å². The van der Waals surface area contributed by atoms with Crippen molar-refractivity contribution in [2.45, 2.75) is 45.7 Å². The van der Waals surface area contributed by atoms with E-state index in [0.717, 1.165) is 40.9 Å². The largest absolute Gasteiger partial charge is 0.507 e. The van der Waals surface area contributed by atoms with Gasteiger partial charge in [0.05, 0.1) is 23.9 Å². The molecule has 7 heteroatoms. The van der Waals surface area contributed by atoms with Crippen LogP contribution in [0.3, 0.4) is 0 Å². The first-order chi connectivity index (χ1) is 15.0. The number of phenolic OH excluding ortho intramolecular Hbond substituents is 1. The quantitative estimate of drug-likeness (QED) is 0.316. The molecule has 0 aromatic heterocycles. The van der Waals surface area contributed by atoms with Crippen molar-refractivity contribution >= 4 is 17.2 Å². The lowest BCUT2D eigenvalue weighted by Gasteiger charge is -2.19. The monoisotopic (exact) mass is 420 g/mol. The summed E-state index contributed by atoms with van der Waals surface area (Å²) in [6.07, 6.45) is 2.81. The molecule has 0 spiro atoms. The molecule has 3 rings (SSSR count). The molecule has 7 nitrogen and oxygen atoms in total. The first kappa shape index (κ1) is 22.2. The van der Waals surface area contributed by atoms with E-state index >= 15 is 0 Å². The maximum Gasteiger partial charge on any atom is 0.258 e. The molecule has 0 fully saturated rings. The Bertz CT molecular complexity index is 1030. The molecule has 0 saturated carbocycles. The first-order valence-electron chi connectivity index (χ1n) is 10.4. The summed E-state index contributed by atoms with van der Waals surface area (Å²) in [6.45, 7) is 7.53. The van der Waals surface area contributed by atoms with E-state index in [1.54, 1.807) is 11.0 Å². The number of aromatic hydroxyl groups is 1. The summed E-state index contributed by atoms with van der Waals surface area (Å²) >= 11 is 0. The van der Waals surface area contributed by atoms with Gasteiger partial charge in [-0.05, 0) is 47.7 Å². The van der Waals surface area contributed by atoms with Gasteiger partial charge in [0.2, 0.25) is 0 Å². The fraction of sp³-hybridized carbons (Fsp3) is 0.333. The average molecular weight is 421 g/mol. The second kappa shape index (κ2) is 10.0. The summed E-state index contributed by atoms with van der Waals surface area (Å²) in [4.78, 5) is 14.9. The highest BCUT2D eigenvalue weighted by Gasteiger charge is 2.27. The molecule has 2 aromatic carbocycles. The lowest BCUT2D eigenvalue weighted by Crippen LogP contribution is -2.25. The number of nitrogens with two attached hydrogens (primary N) is 1. The predicted octanol–water partition coefficient (Wildman–Crippen LogP) is 4.33. The number of anilines is 1. The normalized spacial score (nSPS) is 12.2. The van der Waals surface area contributed by atoms with Crippen LogP contribution in [-0.4, -0.2) is 22.5 Å². The number of carbonyl (C=O) groups is 1. The topological polar surface area (TPSA) is 112 Å². The highest BCUT2D eigenvalue weighted by molar-refractivity contribution is 5.99. The molecule has 1 aliphatic rings. The molecule has 0 radical (unpaired) electrons. The molecular formula is C24H28N4O3. The molecule has 31 heavy (non-hydrogen) atoms. The minimum Gasteiger partial charge on any atom is -0.507 e. The van der Waals surface area contributed by atoms with E-state index in [9.17, 15) is 9.90 Å². The van der Waals surface area contributed by atoms with E-state index in [1.807, 2.05) is 18.2 Å². The van der Waals surface area contributed by atoms with Gasteiger partial charge in [0, 0.05) is 31.1 Å². The van der Waals surface area contributed by atoms with Crippen LogP contribution in [0.15, 0.2) is 36.9 Å². The molecule has 1 aliphatic heterocycles. The zero-order valence-electron chi connectivity index (χ0n) is 17.8. The SMILES string of the molecule is C=C(CCC)c1cc(C(=O)N2Cc3ccc(OCCCC#N)cc3C2)c(O)cc1NN. The van der Waals surface area contributed by atoms with Crippen LogP contribution in [0.1, 0.15) is 59.7 Å². The van der Waals surface area contributed by atoms with E-state index in [1.165, 1.54) is 6.07 Å². The molecule has 2 aromatic rings. The van der Waals surface area contributed by atoms with E-state index in [-0.39, 0.29) is 17.2 Å². The Morgan fingerprint density at radius 2 is 2.06 bits per heavy atom. The summed E-state index contributed by atoms with van der Waals surface area (Å²) < 4.78 is 5.70. The number of ether oxygens (including phenoxy) is 1. The zero-order chi connectivity index (χ0) is 22.4. The van der Waals surface area contributed by atoms with Gasteiger partial charge in [-0.25, -0.2) is 0 Å². The highest BCUT2D eigenvalue weighted by Crippen LogP contribution is 2.34. The third-order valence-corrected chi connectivity index (χ3v) is 5.34. The van der Waals surface area contributed by atoms with Crippen molar-refractivity contribution in [2.75, 3.05) is 12.0 Å². The number of unbranched alkanes of at least 4 members (excludes halogenated alkanes) is 1. The number of phenols is 1. The van der Waals surface area contributed by atoms with Gasteiger partial charge in [0.25, 0.3) is 5.91 Å². The molecule has 1 amide bonds. The Morgan fingerprint density at radius 3 is 2.77 bits per heavy atom. The highest BCUT2D eigenvalue weighted by atomic mass is 16.5. The standard InChI is InChI=1S/C24H28N4O3/c1-3-6-16(2)20-12-21(23(29)13-22(20)27-26)24(30)28-14-17-7-8-19(11-18(17)15-28)31-10-5-4-9-25/h7-8,11-13,27,29H,2-6,10,14-15,26H2,1H3. The first-order valence-corrected chi connectivity index (χ1v) is 10.4. The molecule has 162 valence electrons. The van der Waals surface area contributed by atoms with Gasteiger partial charge < -0.3 is 20.2 Å². The maximum absolute atomic E-state index is 13.2. The lowest BCUT2D eigenvalue weighted by atomic mass is 9.98. The summed E-state index contributed by atoms with van der Waals surface area (Å²) in [5.74, 6) is 5.95. The number of fused-ring (bicyclic) bond motifs is 1. The van der Waals surface area contributed by atoms with Gasteiger partial charge in [0.1, 0.15) is 11.5 Å². The van der Waals surface area contributed by atoms with Crippen molar-refractivity contribution in [3.8, 4) is 17.6 Å². The maximum atomic E-state index is 13.2. The number of allylic oxidation sites excluding steroid dienone is 1. The lowest BCUT2D eigenvalue weighted by molar-refractivity contribution is 0.0748. The zero-order valence-corrected chi connectivity index (χ0v) is 17.8. The number of hydrazine groups is 1. The summed E-state index contributed by atoms with van der Waals surface area (Å²) in [5.41, 5.74) is 7.00. The van der Waals surface area contributed by atoms with Crippen molar-refractivity contribution < 1.29 is 14.6 Å². The predicted molar refractivity (Wildman–Crippen MR) is 120 cm³/mol. The van der Waals surface area contributed by atoms with Crippen LogP contribution < -0.4 is 16.0 Å². The number of nitrogen functional groups attached to an aromatic ring is 1. The Kier molecular flexibility index (Phi) is 7.16. The number of hydrogen-bond donors (Lipinski definition) is 3. The van der Waals surface area contributed by atoms with E-state index in [4.69, 9.17) is 15.8 Å². The number of nitriles is 1. The van der Waals surface area contributed by atoms with Crippen LogP contribution in [0.2, 0.25) is 0 Å². The second-order valence-electron chi connectivity index (χ2n) is 7.61. The van der Waals surface area contributed by atoms with Gasteiger partial charge in [0.15, 0.2) is 0 Å². The van der Waals surface area contributed by atoms with E-state index in [0.29, 0.717) is 38.2 Å². The second-order valence-corrected chi connectivity index (χ2v) is 7.61. The molecule has 0 bridgehead atoms. The smallest absolute Gasteiger partial charge is 0.258 e. The fourth-order valence-corrected chi connectivity index (χ4v) is 3.72.